The quantitative estimate of drug-likeness (QED) is 0.368. The van der Waals surface area contributed by atoms with Gasteiger partial charge >= 0.3 is 0 Å². The van der Waals surface area contributed by atoms with Gasteiger partial charge in [0.1, 0.15) is 0 Å². The van der Waals surface area contributed by atoms with Crippen LogP contribution in [-0.4, -0.2) is 26.6 Å². The first-order chi connectivity index (χ1) is 14.6. The fourth-order valence-corrected chi connectivity index (χ4v) is 10.1. The Kier molecular flexibility index (Phi) is 9.11. The van der Waals surface area contributed by atoms with Gasteiger partial charge in [0, 0.05) is 41.2 Å². The number of carbonyl (C=O) groups excluding carboxylic acids is 1. The maximum Gasteiger partial charge on any atom is 0.231 e. The minimum absolute atomic E-state index is 0. The second-order valence-corrected chi connectivity index (χ2v) is 20.5. The van der Waals surface area contributed by atoms with Crippen molar-refractivity contribution in [2.75, 3.05) is 0 Å². The summed E-state index contributed by atoms with van der Waals surface area (Å²) in [6, 6.07) is 10.1. The van der Waals surface area contributed by atoms with Crippen molar-refractivity contribution in [3.8, 4) is 0 Å². The molecule has 0 aliphatic heterocycles. The molecule has 2 aliphatic carbocycles. The number of benzene rings is 1. The fraction of sp³-hybridized carbons (Fsp3) is 0.333. The zero-order chi connectivity index (χ0) is 22.6. The first-order valence-corrected chi connectivity index (χ1v) is 18.3. The number of aromatic nitrogens is 1. The van der Waals surface area contributed by atoms with Gasteiger partial charge in [-0.1, -0.05) is 98.3 Å². The van der Waals surface area contributed by atoms with Crippen molar-refractivity contribution in [3.05, 3.63) is 89.3 Å². The van der Waals surface area contributed by atoms with Gasteiger partial charge in [-0.2, -0.15) is 0 Å². The number of rotatable bonds is 6. The largest absolute Gasteiger partial charge is 0.287 e. The third-order valence-electron chi connectivity index (χ3n) is 5.73. The van der Waals surface area contributed by atoms with Gasteiger partial charge in [-0.25, -0.2) is 0 Å². The van der Waals surface area contributed by atoms with E-state index in [1.54, 1.807) is 10.4 Å². The van der Waals surface area contributed by atoms with Crippen molar-refractivity contribution in [1.82, 2.24) is 4.57 Å². The second-order valence-electron chi connectivity index (χ2n) is 10.4. The molecule has 0 saturated carbocycles. The van der Waals surface area contributed by atoms with Crippen LogP contribution in [0.25, 0.3) is 10.9 Å². The predicted molar refractivity (Wildman–Crippen MR) is 141 cm³/mol. The van der Waals surface area contributed by atoms with E-state index in [9.17, 15) is 4.79 Å². The van der Waals surface area contributed by atoms with Gasteiger partial charge in [0.15, 0.2) is 0 Å². The van der Waals surface area contributed by atoms with Gasteiger partial charge in [0.2, 0.25) is 5.91 Å². The summed E-state index contributed by atoms with van der Waals surface area (Å²) in [5.74, 6) is 0.204. The molecule has 2 aromatic rings. The van der Waals surface area contributed by atoms with E-state index in [4.69, 9.17) is 0 Å². The SMILES string of the molecule is C[Si](C)(C)C1=C([Si](C)(C)C)C(CCCC(=O)n2ccc3ccccc32)=C1.[CH]1C=CC=C1.[Co]. The molecule has 0 spiro atoms. The van der Waals surface area contributed by atoms with E-state index in [0.717, 1.165) is 23.7 Å². The zero-order valence-corrected chi connectivity index (χ0v) is 23.3. The molecule has 2 aliphatic rings. The van der Waals surface area contributed by atoms with E-state index >= 15 is 0 Å². The van der Waals surface area contributed by atoms with Gasteiger partial charge in [0.25, 0.3) is 0 Å². The monoisotopic (exact) mass is 505 g/mol. The maximum atomic E-state index is 12.7. The van der Waals surface area contributed by atoms with Crippen molar-refractivity contribution in [2.45, 2.75) is 58.5 Å². The molecule has 2 nitrogen and oxygen atoms in total. The molecule has 1 heterocycles. The topological polar surface area (TPSA) is 22.0 Å². The van der Waals surface area contributed by atoms with E-state index in [1.807, 2.05) is 65.8 Å². The predicted octanol–water partition coefficient (Wildman–Crippen LogP) is 7.76. The Hall–Kier alpha value is -1.67. The summed E-state index contributed by atoms with van der Waals surface area (Å²) in [6.45, 7) is 14.7. The Morgan fingerprint density at radius 1 is 0.875 bits per heavy atom. The first-order valence-electron chi connectivity index (χ1n) is 11.3. The van der Waals surface area contributed by atoms with Crippen molar-refractivity contribution >= 4 is 33.0 Å². The number of allylic oxidation sites excluding steroid dienone is 8. The number of carbonyl (C=O) groups is 1. The van der Waals surface area contributed by atoms with Crippen LogP contribution >= 0.6 is 0 Å². The molecular weight excluding hydrogens is 469 g/mol. The van der Waals surface area contributed by atoms with Gasteiger partial charge in [-0.3, -0.25) is 9.36 Å². The summed E-state index contributed by atoms with van der Waals surface area (Å²) in [6.07, 6.45) is 16.9. The molecule has 1 aromatic carbocycles. The van der Waals surface area contributed by atoms with Crippen molar-refractivity contribution in [1.29, 1.82) is 0 Å². The minimum atomic E-state index is -1.32. The van der Waals surface area contributed by atoms with E-state index < -0.39 is 16.1 Å². The second kappa shape index (κ2) is 11.0. The third-order valence-corrected chi connectivity index (χ3v) is 10.1. The molecule has 5 heteroatoms. The molecule has 2 radical (unpaired) electrons. The number of hydrogen-bond donors (Lipinski definition) is 0. The number of fused-ring (bicyclic) bond motifs is 1. The van der Waals surface area contributed by atoms with Crippen LogP contribution < -0.4 is 0 Å². The van der Waals surface area contributed by atoms with Crippen LogP contribution in [0.2, 0.25) is 39.3 Å². The molecule has 0 unspecified atom stereocenters. The average molecular weight is 506 g/mol. The summed E-state index contributed by atoms with van der Waals surface area (Å²) in [7, 11) is -2.58. The number of para-hydroxylation sites is 1. The van der Waals surface area contributed by atoms with Gasteiger partial charge in [0.05, 0.1) is 21.7 Å². The Labute approximate surface area is 206 Å². The van der Waals surface area contributed by atoms with Crippen LogP contribution in [0.4, 0.5) is 0 Å². The van der Waals surface area contributed by atoms with Gasteiger partial charge in [-0.05, 0) is 30.5 Å². The Morgan fingerprint density at radius 2 is 1.53 bits per heavy atom. The summed E-state index contributed by atoms with van der Waals surface area (Å²) >= 11 is 0. The van der Waals surface area contributed by atoms with Crippen molar-refractivity contribution in [2.24, 2.45) is 0 Å². The summed E-state index contributed by atoms with van der Waals surface area (Å²) < 4.78 is 1.81. The molecule has 0 fully saturated rings. The molecule has 0 saturated heterocycles. The van der Waals surface area contributed by atoms with Crippen LogP contribution in [0, 0.1) is 6.42 Å². The van der Waals surface area contributed by atoms with Crippen molar-refractivity contribution < 1.29 is 21.6 Å². The molecule has 32 heavy (non-hydrogen) atoms. The van der Waals surface area contributed by atoms with E-state index in [-0.39, 0.29) is 22.7 Å². The Bertz CT molecular complexity index is 1070. The molecule has 1 aromatic heterocycles. The van der Waals surface area contributed by atoms with E-state index in [1.165, 1.54) is 5.57 Å². The standard InChI is InChI=1S/C22H31NOSi2.C5H5.Co/c1-25(2,3)20-16-18(22(20)26(4,5)6)11-9-13-21(24)23-15-14-17-10-7-8-12-19(17)23;1-2-4-5-3-1;/h7-8,10,12,14-16H,9,11,13H2,1-6H3;1-5H;. The molecular formula is C27H36CoNOSi2. The van der Waals surface area contributed by atoms with Crippen molar-refractivity contribution in [3.63, 3.8) is 0 Å². The molecule has 0 N–H and O–H groups in total. The summed E-state index contributed by atoms with van der Waals surface area (Å²) in [5.41, 5.74) is 2.55. The zero-order valence-electron chi connectivity index (χ0n) is 20.2. The van der Waals surface area contributed by atoms with Gasteiger partial charge in [-0.15, -0.1) is 0 Å². The van der Waals surface area contributed by atoms with Crippen LogP contribution in [0.15, 0.2) is 82.9 Å². The van der Waals surface area contributed by atoms with Gasteiger partial charge < -0.3 is 0 Å². The molecule has 0 bridgehead atoms. The van der Waals surface area contributed by atoms with E-state index in [2.05, 4.69) is 51.4 Å². The van der Waals surface area contributed by atoms with Crippen LogP contribution in [0.3, 0.4) is 0 Å². The fourth-order valence-electron chi connectivity index (χ4n) is 4.26. The number of hydrogen-bond acceptors (Lipinski definition) is 1. The Morgan fingerprint density at radius 3 is 2.09 bits per heavy atom. The molecule has 172 valence electrons. The maximum absolute atomic E-state index is 12.7. The average Bonchev–Trinajstić information content (AvgIpc) is 3.33. The van der Waals surface area contributed by atoms with Crippen LogP contribution in [0.5, 0.6) is 0 Å². The third kappa shape index (κ3) is 6.44. The van der Waals surface area contributed by atoms with Crippen LogP contribution in [0.1, 0.15) is 24.1 Å². The van der Waals surface area contributed by atoms with E-state index in [0.29, 0.717) is 6.42 Å². The smallest absolute Gasteiger partial charge is 0.231 e. The molecule has 4 rings (SSSR count). The summed E-state index contributed by atoms with van der Waals surface area (Å²) in [4.78, 5) is 12.7. The first kappa shape index (κ1) is 26.6. The summed E-state index contributed by atoms with van der Waals surface area (Å²) in [5, 5.41) is 4.51. The Balaban J connectivity index is 0.000000534. The normalized spacial score (nSPS) is 15.1. The number of nitrogens with zero attached hydrogens (tertiary/aromatic N) is 1. The van der Waals surface area contributed by atoms with Crippen LogP contribution in [-0.2, 0) is 16.8 Å². The molecule has 0 atom stereocenters. The molecule has 0 amide bonds. The minimum Gasteiger partial charge on any atom is -0.287 e.